The van der Waals surface area contributed by atoms with Gasteiger partial charge in [0, 0.05) is 56.6 Å². The van der Waals surface area contributed by atoms with E-state index in [9.17, 15) is 8.78 Å². The molecule has 1 N–H and O–H groups in total. The van der Waals surface area contributed by atoms with Crippen LogP contribution >= 0.6 is 0 Å². The summed E-state index contributed by atoms with van der Waals surface area (Å²) in [7, 11) is 0. The number of nitrogens with zero attached hydrogens (tertiary/aromatic N) is 3. The highest BCUT2D eigenvalue weighted by Crippen LogP contribution is 2.43. The lowest BCUT2D eigenvalue weighted by Gasteiger charge is -2.35. The lowest BCUT2D eigenvalue weighted by atomic mass is 9.81. The molecule has 0 radical (unpaired) electrons. The summed E-state index contributed by atoms with van der Waals surface area (Å²) in [5.74, 6) is -1.94. The molecule has 3 aromatic heterocycles. The molecule has 1 saturated heterocycles. The minimum absolute atomic E-state index is 0.0161. The molecule has 1 aliphatic heterocycles. The lowest BCUT2D eigenvalue weighted by Crippen LogP contribution is -2.41. The number of halogens is 2. The Hall–Kier alpha value is -2.58. The SMILES string of the molecule is FC1(F)CC(Cn2ccc(-c3cc4ncccc4c(OC[C@@H]4CNCCO4)n3)c2)C1. The number of nitrogens with one attached hydrogen (secondary N) is 1. The Bertz CT molecular complexity index is 1020. The first-order chi connectivity index (χ1) is 14.6. The van der Waals surface area contributed by atoms with Crippen LogP contribution in [0, 0.1) is 5.92 Å². The van der Waals surface area contributed by atoms with E-state index < -0.39 is 5.92 Å². The van der Waals surface area contributed by atoms with Gasteiger partial charge < -0.3 is 19.4 Å². The number of ether oxygens (including phenoxy) is 2. The molecule has 0 bridgehead atoms. The summed E-state index contributed by atoms with van der Waals surface area (Å²) in [4.78, 5) is 9.20. The average Bonchev–Trinajstić information content (AvgIpc) is 3.20. The maximum absolute atomic E-state index is 13.1. The average molecular weight is 414 g/mol. The zero-order chi connectivity index (χ0) is 20.6. The van der Waals surface area contributed by atoms with Gasteiger partial charge in [-0.15, -0.1) is 0 Å². The number of fused-ring (bicyclic) bond motifs is 1. The van der Waals surface area contributed by atoms with E-state index in [1.54, 1.807) is 6.20 Å². The van der Waals surface area contributed by atoms with Gasteiger partial charge in [0.1, 0.15) is 12.7 Å². The molecule has 0 unspecified atom stereocenters. The highest BCUT2D eigenvalue weighted by Gasteiger charge is 2.45. The molecule has 6 nitrogen and oxygen atoms in total. The molecular weight excluding hydrogens is 390 g/mol. The van der Waals surface area contributed by atoms with Crippen molar-refractivity contribution in [1.82, 2.24) is 19.9 Å². The zero-order valence-corrected chi connectivity index (χ0v) is 16.6. The van der Waals surface area contributed by atoms with E-state index in [0.29, 0.717) is 25.6 Å². The molecule has 1 aliphatic carbocycles. The molecule has 158 valence electrons. The van der Waals surface area contributed by atoms with Crippen molar-refractivity contribution in [2.45, 2.75) is 31.4 Å². The van der Waals surface area contributed by atoms with E-state index in [1.165, 1.54) is 0 Å². The first-order valence-electron chi connectivity index (χ1n) is 10.3. The number of hydrogen-bond acceptors (Lipinski definition) is 5. The van der Waals surface area contributed by atoms with Crippen molar-refractivity contribution in [1.29, 1.82) is 0 Å². The Morgan fingerprint density at radius 1 is 1.30 bits per heavy atom. The molecule has 0 amide bonds. The molecule has 1 atom stereocenters. The van der Waals surface area contributed by atoms with E-state index in [1.807, 2.05) is 41.2 Å². The topological polar surface area (TPSA) is 61.2 Å². The molecule has 1 saturated carbocycles. The van der Waals surface area contributed by atoms with Crippen LogP contribution in [0.1, 0.15) is 12.8 Å². The van der Waals surface area contributed by atoms with Gasteiger partial charge >= 0.3 is 0 Å². The molecular formula is C22H24F2N4O2. The van der Waals surface area contributed by atoms with Crippen molar-refractivity contribution in [2.75, 3.05) is 26.3 Å². The minimum Gasteiger partial charge on any atom is -0.474 e. The molecule has 2 fully saturated rings. The van der Waals surface area contributed by atoms with Gasteiger partial charge in [0.15, 0.2) is 0 Å². The fourth-order valence-electron chi connectivity index (χ4n) is 4.12. The van der Waals surface area contributed by atoms with E-state index >= 15 is 0 Å². The van der Waals surface area contributed by atoms with Crippen LogP contribution in [0.5, 0.6) is 5.88 Å². The first kappa shape index (κ1) is 19.4. The highest BCUT2D eigenvalue weighted by molar-refractivity contribution is 5.86. The van der Waals surface area contributed by atoms with Crippen molar-refractivity contribution in [2.24, 2.45) is 5.92 Å². The van der Waals surface area contributed by atoms with Crippen LogP contribution in [0.3, 0.4) is 0 Å². The number of pyridine rings is 2. The number of rotatable bonds is 6. The van der Waals surface area contributed by atoms with Gasteiger partial charge in [0.05, 0.1) is 23.2 Å². The summed E-state index contributed by atoms with van der Waals surface area (Å²) >= 11 is 0. The van der Waals surface area contributed by atoms with Crippen LogP contribution in [0.15, 0.2) is 42.9 Å². The summed E-state index contributed by atoms with van der Waals surface area (Å²) in [6.45, 7) is 3.27. The van der Waals surface area contributed by atoms with Gasteiger partial charge in [0.25, 0.3) is 0 Å². The van der Waals surface area contributed by atoms with Crippen LogP contribution in [0.2, 0.25) is 0 Å². The molecule has 8 heteroatoms. The van der Waals surface area contributed by atoms with Crippen LogP contribution in [0.25, 0.3) is 22.2 Å². The zero-order valence-electron chi connectivity index (χ0n) is 16.6. The summed E-state index contributed by atoms with van der Waals surface area (Å²) in [5, 5.41) is 4.14. The predicted octanol–water partition coefficient (Wildman–Crippen LogP) is 3.51. The lowest BCUT2D eigenvalue weighted by molar-refractivity contribution is -0.114. The second-order valence-electron chi connectivity index (χ2n) is 8.12. The van der Waals surface area contributed by atoms with Crippen LogP contribution < -0.4 is 10.1 Å². The number of alkyl halides is 2. The standard InChI is InChI=1S/C22H24F2N4O2/c23-22(24)9-15(10-22)12-28-6-3-16(13-28)19-8-20-18(2-1-4-26-20)21(27-19)30-14-17-11-25-5-7-29-17/h1-4,6,8,13,15,17,25H,5,7,9-12,14H2/t17-/m0/s1. The van der Waals surface area contributed by atoms with Gasteiger partial charge in [-0.2, -0.15) is 0 Å². The number of hydrogen-bond donors (Lipinski definition) is 1. The van der Waals surface area contributed by atoms with Gasteiger partial charge in [-0.05, 0) is 30.2 Å². The van der Waals surface area contributed by atoms with Gasteiger partial charge in [-0.1, -0.05) is 0 Å². The van der Waals surface area contributed by atoms with Crippen molar-refractivity contribution in [3.8, 4) is 17.1 Å². The fourth-order valence-corrected chi connectivity index (χ4v) is 4.12. The normalized spacial score (nSPS) is 21.5. The molecule has 0 spiro atoms. The number of aromatic nitrogens is 3. The maximum atomic E-state index is 13.1. The third kappa shape index (κ3) is 4.15. The van der Waals surface area contributed by atoms with E-state index in [4.69, 9.17) is 14.5 Å². The molecule has 2 aliphatic rings. The largest absolute Gasteiger partial charge is 0.474 e. The predicted molar refractivity (Wildman–Crippen MR) is 109 cm³/mol. The molecule has 30 heavy (non-hydrogen) atoms. The summed E-state index contributed by atoms with van der Waals surface area (Å²) in [6.07, 6.45) is 5.52. The quantitative estimate of drug-likeness (QED) is 0.669. The first-order valence-corrected chi connectivity index (χ1v) is 10.3. The summed E-state index contributed by atoms with van der Waals surface area (Å²) in [6, 6.07) is 7.68. The molecule has 5 rings (SSSR count). The smallest absolute Gasteiger partial charge is 0.248 e. The van der Waals surface area contributed by atoms with E-state index in [2.05, 4.69) is 10.3 Å². The van der Waals surface area contributed by atoms with Crippen molar-refractivity contribution in [3.05, 3.63) is 42.9 Å². The van der Waals surface area contributed by atoms with Gasteiger partial charge in [-0.3, -0.25) is 4.98 Å². The van der Waals surface area contributed by atoms with Crippen LogP contribution in [-0.2, 0) is 11.3 Å². The van der Waals surface area contributed by atoms with Crippen LogP contribution in [0.4, 0.5) is 8.78 Å². The summed E-state index contributed by atoms with van der Waals surface area (Å²) < 4.78 is 39.9. The Labute approximate surface area is 173 Å². The van der Waals surface area contributed by atoms with E-state index in [0.717, 1.165) is 35.2 Å². The Morgan fingerprint density at radius 2 is 2.20 bits per heavy atom. The van der Waals surface area contributed by atoms with Gasteiger partial charge in [0.2, 0.25) is 11.8 Å². The van der Waals surface area contributed by atoms with Crippen molar-refractivity contribution < 1.29 is 18.3 Å². The Morgan fingerprint density at radius 3 is 3.00 bits per heavy atom. The maximum Gasteiger partial charge on any atom is 0.248 e. The minimum atomic E-state index is -2.49. The third-order valence-electron chi connectivity index (χ3n) is 5.66. The Balaban J connectivity index is 1.36. The van der Waals surface area contributed by atoms with Crippen molar-refractivity contribution >= 4 is 10.9 Å². The van der Waals surface area contributed by atoms with Crippen LogP contribution in [-0.4, -0.2) is 52.9 Å². The monoisotopic (exact) mass is 414 g/mol. The Kier molecular flexibility index (Phi) is 5.12. The highest BCUT2D eigenvalue weighted by atomic mass is 19.3. The molecule has 4 heterocycles. The van der Waals surface area contributed by atoms with Crippen molar-refractivity contribution in [3.63, 3.8) is 0 Å². The second kappa shape index (κ2) is 7.92. The fraction of sp³-hybridized carbons (Fsp3) is 0.455. The summed E-state index contributed by atoms with van der Waals surface area (Å²) in [5.41, 5.74) is 2.46. The van der Waals surface area contributed by atoms with E-state index in [-0.39, 0.29) is 24.9 Å². The van der Waals surface area contributed by atoms with Gasteiger partial charge in [-0.25, -0.2) is 13.8 Å². The number of morpholine rings is 1. The second-order valence-corrected chi connectivity index (χ2v) is 8.12. The third-order valence-corrected chi connectivity index (χ3v) is 5.66. The molecule has 0 aromatic carbocycles. The molecule has 3 aromatic rings.